The highest BCUT2D eigenvalue weighted by atomic mass is 32.1. The average molecular weight is 341 g/mol. The number of H-pyrrole nitrogens is 1. The van der Waals surface area contributed by atoms with E-state index in [0.717, 1.165) is 16.5 Å². The van der Waals surface area contributed by atoms with Gasteiger partial charge in [0.05, 0.1) is 23.3 Å². The van der Waals surface area contributed by atoms with E-state index < -0.39 is 0 Å². The summed E-state index contributed by atoms with van der Waals surface area (Å²) in [7, 11) is 0. The first-order valence-corrected chi connectivity index (χ1v) is 8.20. The van der Waals surface area contributed by atoms with E-state index in [2.05, 4.69) is 20.5 Å². The number of benzene rings is 1. The van der Waals surface area contributed by atoms with Crippen molar-refractivity contribution in [2.24, 2.45) is 0 Å². The first kappa shape index (κ1) is 16.3. The lowest BCUT2D eigenvalue weighted by Crippen LogP contribution is -2.25. The largest absolute Gasteiger partial charge is 0.345 e. The number of hydrogen-bond acceptors (Lipinski definition) is 4. The van der Waals surface area contributed by atoms with Crippen molar-refractivity contribution >= 4 is 29.0 Å². The van der Waals surface area contributed by atoms with E-state index in [0.29, 0.717) is 34.9 Å². The van der Waals surface area contributed by atoms with Crippen LogP contribution in [0.25, 0.3) is 10.9 Å². The second kappa shape index (κ2) is 6.52. The number of pyridine rings is 1. The summed E-state index contributed by atoms with van der Waals surface area (Å²) in [5, 5.41) is 10.7. The Morgan fingerprint density at radius 1 is 1.33 bits per heavy atom. The third-order valence-corrected chi connectivity index (χ3v) is 4.28. The average Bonchev–Trinajstić information content (AvgIpc) is 2.91. The minimum absolute atomic E-state index is 0.168. The lowest BCUT2D eigenvalue weighted by Gasteiger charge is -2.09. The van der Waals surface area contributed by atoms with Gasteiger partial charge in [-0.2, -0.15) is 5.10 Å². The molecule has 3 rings (SSSR count). The van der Waals surface area contributed by atoms with Crippen LogP contribution in [0.3, 0.4) is 0 Å². The fraction of sp³-hybridized carbons (Fsp3) is 0.294. The van der Waals surface area contributed by atoms with Gasteiger partial charge >= 0.3 is 0 Å². The second-order valence-electron chi connectivity index (χ2n) is 5.69. The van der Waals surface area contributed by atoms with E-state index >= 15 is 0 Å². The van der Waals surface area contributed by atoms with Gasteiger partial charge in [-0.05, 0) is 50.7 Å². The highest BCUT2D eigenvalue weighted by molar-refractivity contribution is 7.71. The van der Waals surface area contributed by atoms with E-state index in [9.17, 15) is 4.79 Å². The molecule has 0 radical (unpaired) electrons. The van der Waals surface area contributed by atoms with E-state index in [1.54, 1.807) is 0 Å². The molecule has 0 saturated carbocycles. The van der Waals surface area contributed by atoms with Crippen LogP contribution in [0.4, 0.5) is 0 Å². The number of aromatic nitrogens is 4. The number of fused-ring (bicyclic) bond motifs is 1. The molecule has 0 fully saturated rings. The SMILES string of the molecule is CCn1c(CNC(=O)c2cc3ccc(C)cc3nc2C)n[nH]c1=S. The minimum atomic E-state index is -0.168. The molecule has 0 aliphatic heterocycles. The Labute approximate surface area is 144 Å². The smallest absolute Gasteiger partial charge is 0.253 e. The molecule has 0 unspecified atom stereocenters. The summed E-state index contributed by atoms with van der Waals surface area (Å²) in [6.07, 6.45) is 0. The van der Waals surface area contributed by atoms with Gasteiger partial charge in [-0.25, -0.2) is 0 Å². The molecule has 0 bridgehead atoms. The van der Waals surface area contributed by atoms with Gasteiger partial charge in [0.1, 0.15) is 0 Å². The molecule has 3 aromatic rings. The third kappa shape index (κ3) is 3.07. The van der Waals surface area contributed by atoms with Crippen LogP contribution in [0.1, 0.15) is 34.4 Å². The van der Waals surface area contributed by atoms with Crippen LogP contribution < -0.4 is 5.32 Å². The van der Waals surface area contributed by atoms with Gasteiger partial charge in [0.25, 0.3) is 5.91 Å². The van der Waals surface area contributed by atoms with Gasteiger partial charge in [0.15, 0.2) is 10.6 Å². The number of carbonyl (C=O) groups is 1. The standard InChI is InChI=1S/C17H19N5OS/c1-4-22-15(20-21-17(22)24)9-18-16(23)13-8-12-6-5-10(2)7-14(12)19-11(13)3/h5-8H,4,9H2,1-3H3,(H,18,23)(H,21,24). The van der Waals surface area contributed by atoms with Crippen molar-refractivity contribution in [3.63, 3.8) is 0 Å². The molecule has 0 aliphatic carbocycles. The summed E-state index contributed by atoms with van der Waals surface area (Å²) in [5.74, 6) is 0.539. The number of aryl methyl sites for hydroxylation is 2. The van der Waals surface area contributed by atoms with E-state index in [1.165, 1.54) is 0 Å². The van der Waals surface area contributed by atoms with Crippen LogP contribution in [0.5, 0.6) is 0 Å². The summed E-state index contributed by atoms with van der Waals surface area (Å²) < 4.78 is 2.41. The predicted octanol–water partition coefficient (Wildman–Crippen LogP) is 3.06. The fourth-order valence-corrected chi connectivity index (χ4v) is 2.95. The molecule has 124 valence electrons. The van der Waals surface area contributed by atoms with Crippen LogP contribution in [0.15, 0.2) is 24.3 Å². The molecule has 2 aromatic heterocycles. The van der Waals surface area contributed by atoms with Crippen molar-refractivity contribution in [3.8, 4) is 0 Å². The highest BCUT2D eigenvalue weighted by Gasteiger charge is 2.13. The molecule has 7 heteroatoms. The van der Waals surface area contributed by atoms with Gasteiger partial charge in [-0.15, -0.1) is 0 Å². The molecule has 1 amide bonds. The zero-order valence-corrected chi connectivity index (χ0v) is 14.7. The van der Waals surface area contributed by atoms with Crippen LogP contribution >= 0.6 is 12.2 Å². The number of rotatable bonds is 4. The summed E-state index contributed by atoms with van der Waals surface area (Å²) in [4.78, 5) is 17.1. The first-order valence-electron chi connectivity index (χ1n) is 7.80. The monoisotopic (exact) mass is 341 g/mol. The maximum atomic E-state index is 12.5. The molecule has 0 spiro atoms. The molecule has 2 N–H and O–H groups in total. The lowest BCUT2D eigenvalue weighted by atomic mass is 10.1. The predicted molar refractivity (Wildman–Crippen MR) is 95.5 cm³/mol. The molecule has 0 aliphatic rings. The van der Waals surface area contributed by atoms with Gasteiger partial charge in [0, 0.05) is 11.9 Å². The third-order valence-electron chi connectivity index (χ3n) is 3.97. The van der Waals surface area contributed by atoms with E-state index in [1.807, 2.05) is 49.6 Å². The number of hydrogen-bond donors (Lipinski definition) is 2. The number of nitrogens with one attached hydrogen (secondary N) is 2. The Bertz CT molecular complexity index is 973. The van der Waals surface area contributed by atoms with Gasteiger partial charge in [-0.3, -0.25) is 14.9 Å². The van der Waals surface area contributed by atoms with Crippen molar-refractivity contribution in [2.75, 3.05) is 0 Å². The summed E-state index contributed by atoms with van der Waals surface area (Å²) in [6.45, 7) is 6.87. The maximum absolute atomic E-state index is 12.5. The maximum Gasteiger partial charge on any atom is 0.253 e. The van der Waals surface area contributed by atoms with Crippen LogP contribution in [0.2, 0.25) is 0 Å². The Kier molecular flexibility index (Phi) is 4.44. The van der Waals surface area contributed by atoms with Gasteiger partial charge < -0.3 is 9.88 Å². The summed E-state index contributed by atoms with van der Waals surface area (Å²) in [5.41, 5.74) is 3.33. The molecular weight excluding hydrogens is 322 g/mol. The molecular formula is C17H19N5OS. The first-order chi connectivity index (χ1) is 11.5. The lowest BCUT2D eigenvalue weighted by molar-refractivity contribution is 0.0948. The molecule has 2 heterocycles. The molecule has 0 atom stereocenters. The van der Waals surface area contributed by atoms with Crippen LogP contribution in [0, 0.1) is 18.6 Å². The second-order valence-corrected chi connectivity index (χ2v) is 6.08. The van der Waals surface area contributed by atoms with Crippen molar-refractivity contribution in [3.05, 3.63) is 51.7 Å². The van der Waals surface area contributed by atoms with Crippen molar-refractivity contribution in [2.45, 2.75) is 33.9 Å². The Morgan fingerprint density at radius 2 is 2.12 bits per heavy atom. The van der Waals surface area contributed by atoms with Crippen molar-refractivity contribution in [1.29, 1.82) is 0 Å². The fourth-order valence-electron chi connectivity index (χ4n) is 2.67. The Morgan fingerprint density at radius 3 is 2.88 bits per heavy atom. The molecule has 6 nitrogen and oxygen atoms in total. The zero-order valence-electron chi connectivity index (χ0n) is 13.9. The van der Waals surface area contributed by atoms with Gasteiger partial charge in [-0.1, -0.05) is 12.1 Å². The topological polar surface area (TPSA) is 75.6 Å². The number of carbonyl (C=O) groups excluding carboxylic acids is 1. The van der Waals surface area contributed by atoms with E-state index in [4.69, 9.17) is 12.2 Å². The molecule has 24 heavy (non-hydrogen) atoms. The van der Waals surface area contributed by atoms with Crippen LogP contribution in [-0.2, 0) is 13.1 Å². The van der Waals surface area contributed by atoms with Crippen molar-refractivity contribution in [1.82, 2.24) is 25.1 Å². The zero-order chi connectivity index (χ0) is 17.3. The Hall–Kier alpha value is -2.54. The quantitative estimate of drug-likeness (QED) is 0.715. The Balaban J connectivity index is 1.84. The van der Waals surface area contributed by atoms with E-state index in [-0.39, 0.29) is 5.91 Å². The minimum Gasteiger partial charge on any atom is -0.345 e. The highest BCUT2D eigenvalue weighted by Crippen LogP contribution is 2.18. The number of aromatic amines is 1. The van der Waals surface area contributed by atoms with Crippen molar-refractivity contribution < 1.29 is 4.79 Å². The molecule has 1 aromatic carbocycles. The normalized spacial score (nSPS) is 11.0. The van der Waals surface area contributed by atoms with Gasteiger partial charge in [0.2, 0.25) is 0 Å². The van der Waals surface area contributed by atoms with Crippen LogP contribution in [-0.4, -0.2) is 25.7 Å². The molecule has 0 saturated heterocycles. The number of nitrogens with zero attached hydrogens (tertiary/aromatic N) is 3. The number of amides is 1. The summed E-state index contributed by atoms with van der Waals surface area (Å²) in [6, 6.07) is 7.89. The summed E-state index contributed by atoms with van der Waals surface area (Å²) >= 11 is 5.15.